The van der Waals surface area contributed by atoms with Gasteiger partial charge in [0.05, 0.1) is 8.95 Å². The molecule has 29 heavy (non-hydrogen) atoms. The molecule has 1 N–H and O–H groups in total. The molecule has 0 spiro atoms. The predicted octanol–water partition coefficient (Wildman–Crippen LogP) is 5.75. The molecule has 152 valence electrons. The maximum atomic E-state index is 13.8. The Kier molecular flexibility index (Phi) is 6.85. The van der Waals surface area contributed by atoms with Crippen molar-refractivity contribution in [2.24, 2.45) is 0 Å². The molecule has 0 saturated carbocycles. The van der Waals surface area contributed by atoms with Gasteiger partial charge in [-0.05, 0) is 87.0 Å². The van der Waals surface area contributed by atoms with Crippen molar-refractivity contribution in [3.05, 3.63) is 73.2 Å². The molecule has 0 saturated heterocycles. The molecule has 3 rings (SSSR count). The van der Waals surface area contributed by atoms with Gasteiger partial charge in [0.2, 0.25) is 0 Å². The van der Waals surface area contributed by atoms with Gasteiger partial charge in [0.1, 0.15) is 24.0 Å². The van der Waals surface area contributed by atoms with Crippen LogP contribution in [0.1, 0.15) is 30.4 Å². The molecule has 0 aromatic heterocycles. The molecular formula is C21H16Br2F2O4. The molecule has 1 aliphatic rings. The Morgan fingerprint density at radius 2 is 1.69 bits per heavy atom. The molecule has 0 heterocycles. The van der Waals surface area contributed by atoms with Crippen molar-refractivity contribution in [3.8, 4) is 5.75 Å². The molecule has 1 aliphatic carbocycles. The molecular weight excluding hydrogens is 514 g/mol. The highest BCUT2D eigenvalue weighted by molar-refractivity contribution is 9.11. The van der Waals surface area contributed by atoms with Crippen LogP contribution in [0, 0.1) is 11.6 Å². The van der Waals surface area contributed by atoms with Gasteiger partial charge in [0.25, 0.3) is 0 Å². The molecule has 0 unspecified atom stereocenters. The summed E-state index contributed by atoms with van der Waals surface area (Å²) in [5, 5.41) is 9.22. The van der Waals surface area contributed by atoms with Gasteiger partial charge in [0.15, 0.2) is 5.78 Å². The second-order valence-electron chi connectivity index (χ2n) is 6.63. The van der Waals surface area contributed by atoms with Crippen LogP contribution in [0.5, 0.6) is 5.75 Å². The number of aliphatic carboxylic acids is 1. The number of ether oxygens (including phenoxy) is 1. The smallest absolute Gasteiger partial charge is 0.331 e. The number of hydrogen-bond acceptors (Lipinski definition) is 3. The number of carbonyl (C=O) groups is 2. The lowest BCUT2D eigenvalue weighted by atomic mass is 10.00. The van der Waals surface area contributed by atoms with E-state index in [1.807, 2.05) is 0 Å². The highest BCUT2D eigenvalue weighted by atomic mass is 79.9. The Labute approximate surface area is 182 Å². The van der Waals surface area contributed by atoms with Crippen molar-refractivity contribution in [1.82, 2.24) is 0 Å². The molecule has 0 bridgehead atoms. The zero-order chi connectivity index (χ0) is 21.1. The first kappa shape index (κ1) is 21.6. The lowest BCUT2D eigenvalue weighted by Gasteiger charge is -2.13. The van der Waals surface area contributed by atoms with E-state index < -0.39 is 17.6 Å². The van der Waals surface area contributed by atoms with E-state index in [2.05, 4.69) is 31.9 Å². The minimum Gasteiger partial charge on any atom is -0.486 e. The Hall–Kier alpha value is -2.06. The lowest BCUT2D eigenvalue weighted by molar-refractivity contribution is -0.133. The van der Waals surface area contributed by atoms with Gasteiger partial charge in [-0.25, -0.2) is 13.6 Å². The Balaban J connectivity index is 1.75. The average Bonchev–Trinajstić information content (AvgIpc) is 3.14. The van der Waals surface area contributed by atoms with Crippen LogP contribution in [-0.2, 0) is 22.6 Å². The second kappa shape index (κ2) is 9.17. The SMILES string of the molecule is O=C(O)C1=C(C(=O)Cc2cc(Br)c(OCc3cc(F)ccc3F)c(Br)c2)CCC1. The largest absolute Gasteiger partial charge is 0.486 e. The van der Waals surface area contributed by atoms with E-state index in [1.165, 1.54) is 0 Å². The first-order valence-corrected chi connectivity index (χ1v) is 10.4. The highest BCUT2D eigenvalue weighted by Crippen LogP contribution is 2.36. The Morgan fingerprint density at radius 3 is 2.34 bits per heavy atom. The summed E-state index contributed by atoms with van der Waals surface area (Å²) in [6.45, 7) is -0.173. The van der Waals surface area contributed by atoms with Gasteiger partial charge in [0, 0.05) is 23.1 Å². The number of rotatable bonds is 7. The van der Waals surface area contributed by atoms with E-state index in [-0.39, 0.29) is 29.9 Å². The summed E-state index contributed by atoms with van der Waals surface area (Å²) >= 11 is 6.75. The molecule has 0 fully saturated rings. The minimum absolute atomic E-state index is 0.0577. The Morgan fingerprint density at radius 1 is 1.03 bits per heavy atom. The van der Waals surface area contributed by atoms with Crippen molar-refractivity contribution < 1.29 is 28.2 Å². The van der Waals surface area contributed by atoms with E-state index in [0.29, 0.717) is 45.1 Å². The van der Waals surface area contributed by atoms with Crippen molar-refractivity contribution in [1.29, 1.82) is 0 Å². The van der Waals surface area contributed by atoms with Crippen molar-refractivity contribution >= 4 is 43.6 Å². The first-order chi connectivity index (χ1) is 13.8. The van der Waals surface area contributed by atoms with Crippen molar-refractivity contribution in [3.63, 3.8) is 0 Å². The number of ketones is 1. The van der Waals surface area contributed by atoms with Crippen LogP contribution in [0.15, 0.2) is 50.4 Å². The van der Waals surface area contributed by atoms with Gasteiger partial charge >= 0.3 is 5.97 Å². The molecule has 8 heteroatoms. The number of halogens is 4. The summed E-state index contributed by atoms with van der Waals surface area (Å²) in [6.07, 6.45) is 1.61. The topological polar surface area (TPSA) is 63.6 Å². The fourth-order valence-electron chi connectivity index (χ4n) is 3.24. The molecule has 0 amide bonds. The van der Waals surface area contributed by atoms with Crippen LogP contribution in [0.25, 0.3) is 0 Å². The fraction of sp³-hybridized carbons (Fsp3) is 0.238. The third-order valence-corrected chi connectivity index (χ3v) is 5.79. The van der Waals surface area contributed by atoms with Crippen LogP contribution in [0.3, 0.4) is 0 Å². The van der Waals surface area contributed by atoms with Gasteiger partial charge in [-0.15, -0.1) is 0 Å². The van der Waals surface area contributed by atoms with Crippen LogP contribution in [0.2, 0.25) is 0 Å². The van der Waals surface area contributed by atoms with E-state index in [0.717, 1.165) is 18.2 Å². The van der Waals surface area contributed by atoms with Crippen LogP contribution >= 0.6 is 31.9 Å². The summed E-state index contributed by atoms with van der Waals surface area (Å²) in [5.74, 6) is -1.99. The van der Waals surface area contributed by atoms with Crippen molar-refractivity contribution in [2.75, 3.05) is 0 Å². The number of carboxylic acids is 1. The summed E-state index contributed by atoms with van der Waals surface area (Å²) in [7, 11) is 0. The number of allylic oxidation sites excluding steroid dienone is 1. The standard InChI is InChI=1S/C21H16Br2F2O4/c22-16-6-11(8-19(26)14-2-1-3-15(14)21(27)28)7-17(23)20(16)29-10-12-9-13(24)4-5-18(12)25/h4-7,9H,1-3,8,10H2,(H,27,28). The van der Waals surface area contributed by atoms with Gasteiger partial charge < -0.3 is 9.84 Å². The normalized spacial score (nSPS) is 13.7. The van der Waals surface area contributed by atoms with E-state index in [1.54, 1.807) is 12.1 Å². The minimum atomic E-state index is -1.04. The summed E-state index contributed by atoms with van der Waals surface area (Å²) < 4.78 is 33.8. The van der Waals surface area contributed by atoms with E-state index in [9.17, 15) is 23.5 Å². The zero-order valence-corrected chi connectivity index (χ0v) is 18.3. The third kappa shape index (κ3) is 5.11. The van der Waals surface area contributed by atoms with E-state index >= 15 is 0 Å². The zero-order valence-electron chi connectivity index (χ0n) is 15.1. The number of carbonyl (C=O) groups excluding carboxylic acids is 1. The maximum absolute atomic E-state index is 13.8. The number of hydrogen-bond donors (Lipinski definition) is 1. The van der Waals surface area contributed by atoms with E-state index in [4.69, 9.17) is 4.74 Å². The molecule has 0 radical (unpaired) electrons. The van der Waals surface area contributed by atoms with Crippen molar-refractivity contribution in [2.45, 2.75) is 32.3 Å². The monoisotopic (exact) mass is 528 g/mol. The summed E-state index contributed by atoms with van der Waals surface area (Å²) in [6, 6.07) is 6.52. The number of Topliss-reactive ketones (excluding diaryl/α,β-unsaturated/α-hetero) is 1. The van der Waals surface area contributed by atoms with Gasteiger partial charge in [-0.2, -0.15) is 0 Å². The molecule has 0 atom stereocenters. The molecule has 2 aromatic carbocycles. The average molecular weight is 530 g/mol. The fourth-order valence-corrected chi connectivity index (χ4v) is 4.75. The van der Waals surface area contributed by atoms with Crippen LogP contribution < -0.4 is 4.74 Å². The number of carboxylic acid groups (broad SMARTS) is 1. The third-order valence-electron chi connectivity index (χ3n) is 4.62. The maximum Gasteiger partial charge on any atom is 0.331 e. The molecule has 0 aliphatic heterocycles. The van der Waals surface area contributed by atoms with Gasteiger partial charge in [-0.1, -0.05) is 0 Å². The lowest BCUT2D eigenvalue weighted by Crippen LogP contribution is -2.10. The summed E-state index contributed by atoms with van der Waals surface area (Å²) in [4.78, 5) is 23.8. The van der Waals surface area contributed by atoms with Gasteiger partial charge in [-0.3, -0.25) is 4.79 Å². The predicted molar refractivity (Wildman–Crippen MR) is 110 cm³/mol. The Bertz CT molecular complexity index is 995. The summed E-state index contributed by atoms with van der Waals surface area (Å²) in [5.41, 5.74) is 1.33. The molecule has 4 nitrogen and oxygen atoms in total. The number of benzene rings is 2. The quantitative estimate of drug-likeness (QED) is 0.496. The highest BCUT2D eigenvalue weighted by Gasteiger charge is 2.25. The second-order valence-corrected chi connectivity index (χ2v) is 8.34. The molecule has 2 aromatic rings. The van der Waals surface area contributed by atoms with Crippen LogP contribution in [0.4, 0.5) is 8.78 Å². The van der Waals surface area contributed by atoms with Crippen LogP contribution in [-0.4, -0.2) is 16.9 Å². The first-order valence-electron chi connectivity index (χ1n) is 8.79.